The van der Waals surface area contributed by atoms with Crippen LogP contribution in [0.3, 0.4) is 0 Å². The molecule has 21 heavy (non-hydrogen) atoms. The first kappa shape index (κ1) is 15.1. The van der Waals surface area contributed by atoms with Gasteiger partial charge < -0.3 is 14.8 Å². The van der Waals surface area contributed by atoms with Crippen molar-refractivity contribution in [3.05, 3.63) is 46.7 Å². The van der Waals surface area contributed by atoms with E-state index < -0.39 is 0 Å². The fourth-order valence-electron chi connectivity index (χ4n) is 1.83. The molecular formula is C15H15ClN2O3. The van der Waals surface area contributed by atoms with E-state index in [0.29, 0.717) is 33.6 Å². The average Bonchev–Trinajstić information content (AvgIpc) is 2.49. The standard InChI is InChI=1S/C15H15ClN2O3/c1-9-11(5-7-14(16)17-9)18-15(19)10-4-6-12(20-2)13(8-10)21-3/h4-8H,1-3H3,(H,18,19). The lowest BCUT2D eigenvalue weighted by molar-refractivity contribution is 0.102. The molecule has 0 aliphatic rings. The number of carbonyl (C=O) groups is 1. The van der Waals surface area contributed by atoms with Crippen LogP contribution in [0.25, 0.3) is 0 Å². The van der Waals surface area contributed by atoms with Gasteiger partial charge in [0.15, 0.2) is 11.5 Å². The van der Waals surface area contributed by atoms with Gasteiger partial charge in [0, 0.05) is 5.56 Å². The first-order chi connectivity index (χ1) is 10.0. The molecule has 2 rings (SSSR count). The summed E-state index contributed by atoms with van der Waals surface area (Å²) in [5, 5.41) is 3.17. The maximum atomic E-state index is 12.3. The Bertz CT molecular complexity index is 674. The van der Waals surface area contributed by atoms with E-state index in [2.05, 4.69) is 10.3 Å². The number of amides is 1. The molecule has 0 radical (unpaired) electrons. The number of rotatable bonds is 4. The molecule has 2 aromatic rings. The van der Waals surface area contributed by atoms with Crippen LogP contribution in [0.5, 0.6) is 11.5 Å². The summed E-state index contributed by atoms with van der Waals surface area (Å²) in [7, 11) is 3.06. The van der Waals surface area contributed by atoms with Crippen LogP contribution >= 0.6 is 11.6 Å². The SMILES string of the molecule is COc1ccc(C(=O)Nc2ccc(Cl)nc2C)cc1OC. The van der Waals surface area contributed by atoms with Crippen molar-refractivity contribution in [2.24, 2.45) is 0 Å². The number of aromatic nitrogens is 1. The van der Waals surface area contributed by atoms with Crippen LogP contribution in [-0.2, 0) is 0 Å². The molecule has 6 heteroatoms. The van der Waals surface area contributed by atoms with Crippen molar-refractivity contribution >= 4 is 23.2 Å². The number of hydrogen-bond donors (Lipinski definition) is 1. The minimum atomic E-state index is -0.261. The van der Waals surface area contributed by atoms with Gasteiger partial charge in [-0.2, -0.15) is 0 Å². The van der Waals surface area contributed by atoms with Crippen molar-refractivity contribution in [2.75, 3.05) is 19.5 Å². The number of anilines is 1. The number of hydrogen-bond acceptors (Lipinski definition) is 4. The molecule has 0 saturated heterocycles. The van der Waals surface area contributed by atoms with Crippen molar-refractivity contribution in [1.82, 2.24) is 4.98 Å². The molecular weight excluding hydrogens is 292 g/mol. The Morgan fingerprint density at radius 2 is 1.86 bits per heavy atom. The van der Waals surface area contributed by atoms with Crippen LogP contribution in [0.2, 0.25) is 5.15 Å². The normalized spacial score (nSPS) is 10.1. The second-order valence-electron chi connectivity index (χ2n) is 4.29. The number of pyridine rings is 1. The zero-order valence-electron chi connectivity index (χ0n) is 11.9. The van der Waals surface area contributed by atoms with Gasteiger partial charge in [-0.05, 0) is 37.3 Å². The Kier molecular flexibility index (Phi) is 4.65. The number of aryl methyl sites for hydroxylation is 1. The summed E-state index contributed by atoms with van der Waals surface area (Å²) in [5.74, 6) is 0.803. The van der Waals surface area contributed by atoms with Gasteiger partial charge in [0.25, 0.3) is 5.91 Å². The lowest BCUT2D eigenvalue weighted by Gasteiger charge is -2.11. The molecule has 0 fully saturated rings. The fourth-order valence-corrected chi connectivity index (χ4v) is 2.02. The van der Waals surface area contributed by atoms with Crippen LogP contribution < -0.4 is 14.8 Å². The first-order valence-corrected chi connectivity index (χ1v) is 6.59. The van der Waals surface area contributed by atoms with E-state index in [1.807, 2.05) is 0 Å². The number of nitrogens with zero attached hydrogens (tertiary/aromatic N) is 1. The lowest BCUT2D eigenvalue weighted by atomic mass is 10.2. The Morgan fingerprint density at radius 1 is 1.14 bits per heavy atom. The second-order valence-corrected chi connectivity index (χ2v) is 4.68. The molecule has 5 nitrogen and oxygen atoms in total. The molecule has 0 bridgehead atoms. The highest BCUT2D eigenvalue weighted by Gasteiger charge is 2.12. The zero-order chi connectivity index (χ0) is 15.4. The van der Waals surface area contributed by atoms with Crippen LogP contribution in [0.4, 0.5) is 5.69 Å². The van der Waals surface area contributed by atoms with Gasteiger partial charge >= 0.3 is 0 Å². The summed E-state index contributed by atoms with van der Waals surface area (Å²) in [6, 6.07) is 8.30. The maximum Gasteiger partial charge on any atom is 0.255 e. The minimum Gasteiger partial charge on any atom is -0.493 e. The van der Waals surface area contributed by atoms with Crippen molar-refractivity contribution in [1.29, 1.82) is 0 Å². The van der Waals surface area contributed by atoms with E-state index in [1.165, 1.54) is 7.11 Å². The topological polar surface area (TPSA) is 60.5 Å². The quantitative estimate of drug-likeness (QED) is 0.880. The van der Waals surface area contributed by atoms with E-state index in [9.17, 15) is 4.79 Å². The van der Waals surface area contributed by atoms with Gasteiger partial charge in [-0.25, -0.2) is 4.98 Å². The summed E-state index contributed by atoms with van der Waals surface area (Å²) in [5.41, 5.74) is 1.72. The van der Waals surface area contributed by atoms with Gasteiger partial charge in [0.1, 0.15) is 5.15 Å². The van der Waals surface area contributed by atoms with Crippen molar-refractivity contribution in [3.63, 3.8) is 0 Å². The Balaban J connectivity index is 2.24. The third kappa shape index (κ3) is 3.44. The number of carbonyl (C=O) groups excluding carboxylic acids is 1. The molecule has 0 spiro atoms. The molecule has 1 aromatic carbocycles. The minimum absolute atomic E-state index is 0.261. The zero-order valence-corrected chi connectivity index (χ0v) is 12.7. The largest absolute Gasteiger partial charge is 0.493 e. The summed E-state index contributed by atoms with van der Waals surface area (Å²) >= 11 is 5.79. The van der Waals surface area contributed by atoms with E-state index in [0.717, 1.165) is 0 Å². The number of benzene rings is 1. The second kappa shape index (κ2) is 6.45. The Hall–Kier alpha value is -2.27. The third-order valence-electron chi connectivity index (χ3n) is 2.95. The number of methoxy groups -OCH3 is 2. The first-order valence-electron chi connectivity index (χ1n) is 6.21. The summed E-state index contributed by atoms with van der Waals surface area (Å²) in [6.07, 6.45) is 0. The van der Waals surface area contributed by atoms with Crippen LogP contribution in [0.1, 0.15) is 16.1 Å². The van der Waals surface area contributed by atoms with Gasteiger partial charge in [-0.15, -0.1) is 0 Å². The van der Waals surface area contributed by atoms with Crippen LogP contribution in [0, 0.1) is 6.92 Å². The van der Waals surface area contributed by atoms with E-state index in [4.69, 9.17) is 21.1 Å². The highest BCUT2D eigenvalue weighted by molar-refractivity contribution is 6.29. The summed E-state index contributed by atoms with van der Waals surface area (Å²) < 4.78 is 10.3. The highest BCUT2D eigenvalue weighted by atomic mass is 35.5. The van der Waals surface area contributed by atoms with E-state index in [1.54, 1.807) is 44.4 Å². The monoisotopic (exact) mass is 306 g/mol. The van der Waals surface area contributed by atoms with E-state index >= 15 is 0 Å². The molecule has 0 saturated carbocycles. The molecule has 0 atom stereocenters. The molecule has 0 aliphatic heterocycles. The molecule has 1 aromatic heterocycles. The van der Waals surface area contributed by atoms with Crippen LogP contribution in [0.15, 0.2) is 30.3 Å². The molecule has 0 unspecified atom stereocenters. The maximum absolute atomic E-state index is 12.3. The third-order valence-corrected chi connectivity index (χ3v) is 3.16. The van der Waals surface area contributed by atoms with Crippen molar-refractivity contribution in [2.45, 2.75) is 6.92 Å². The highest BCUT2D eigenvalue weighted by Crippen LogP contribution is 2.28. The number of ether oxygens (including phenoxy) is 2. The number of nitrogens with one attached hydrogen (secondary N) is 1. The predicted molar refractivity (Wildman–Crippen MR) is 81.5 cm³/mol. The Labute approximate surface area is 127 Å². The fraction of sp³-hybridized carbons (Fsp3) is 0.200. The molecule has 1 N–H and O–H groups in total. The molecule has 1 heterocycles. The van der Waals surface area contributed by atoms with Gasteiger partial charge in [-0.3, -0.25) is 4.79 Å². The average molecular weight is 307 g/mol. The van der Waals surface area contributed by atoms with E-state index in [-0.39, 0.29) is 5.91 Å². The van der Waals surface area contributed by atoms with Gasteiger partial charge in [0.2, 0.25) is 0 Å². The lowest BCUT2D eigenvalue weighted by Crippen LogP contribution is -2.13. The summed E-state index contributed by atoms with van der Waals surface area (Å²) in [6.45, 7) is 1.77. The van der Waals surface area contributed by atoms with Crippen molar-refractivity contribution < 1.29 is 14.3 Å². The summed E-state index contributed by atoms with van der Waals surface area (Å²) in [4.78, 5) is 16.3. The predicted octanol–water partition coefficient (Wildman–Crippen LogP) is 3.31. The van der Waals surface area contributed by atoms with Crippen LogP contribution in [-0.4, -0.2) is 25.1 Å². The number of halogens is 1. The van der Waals surface area contributed by atoms with Crippen molar-refractivity contribution in [3.8, 4) is 11.5 Å². The molecule has 1 amide bonds. The molecule has 0 aliphatic carbocycles. The smallest absolute Gasteiger partial charge is 0.255 e. The van der Waals surface area contributed by atoms with Gasteiger partial charge in [0.05, 0.1) is 25.6 Å². The molecule has 110 valence electrons. The van der Waals surface area contributed by atoms with Gasteiger partial charge in [-0.1, -0.05) is 11.6 Å². The Morgan fingerprint density at radius 3 is 2.48 bits per heavy atom.